The van der Waals surface area contributed by atoms with E-state index in [-0.39, 0.29) is 17.2 Å². The van der Waals surface area contributed by atoms with Gasteiger partial charge in [0.2, 0.25) is 0 Å². The quantitative estimate of drug-likeness (QED) is 0.420. The predicted molar refractivity (Wildman–Crippen MR) is 164 cm³/mol. The molecule has 4 rings (SSSR count). The van der Waals surface area contributed by atoms with Crippen molar-refractivity contribution < 1.29 is 23.3 Å². The molecule has 2 heterocycles. The highest BCUT2D eigenvalue weighted by Crippen LogP contribution is 2.41. The Hall–Kier alpha value is -2.39. The summed E-state index contributed by atoms with van der Waals surface area (Å²) in [4.78, 5) is 15.2. The molecule has 0 radical (unpaired) electrons. The van der Waals surface area contributed by atoms with Crippen molar-refractivity contribution in [2.24, 2.45) is 0 Å². The van der Waals surface area contributed by atoms with E-state index in [9.17, 15) is 4.79 Å². The molecule has 2 aromatic carbocycles. The van der Waals surface area contributed by atoms with Gasteiger partial charge in [0.25, 0.3) is 8.32 Å². The van der Waals surface area contributed by atoms with Gasteiger partial charge in [0, 0.05) is 6.54 Å². The molecule has 1 atom stereocenters. The summed E-state index contributed by atoms with van der Waals surface area (Å²) < 4.78 is 25.8. The van der Waals surface area contributed by atoms with Crippen LogP contribution < -0.4 is 10.4 Å². The average molecular weight is 564 g/mol. The number of rotatable bonds is 6. The van der Waals surface area contributed by atoms with Gasteiger partial charge in [0.05, 0.1) is 23.9 Å². The van der Waals surface area contributed by atoms with Crippen LogP contribution in [0.4, 0.5) is 4.79 Å². The number of hydrogen-bond acceptors (Lipinski definition) is 5. The zero-order valence-corrected chi connectivity index (χ0v) is 26.9. The van der Waals surface area contributed by atoms with E-state index in [1.807, 2.05) is 60.6 Å². The smallest absolute Gasteiger partial charge is 0.444 e. The van der Waals surface area contributed by atoms with E-state index < -0.39 is 32.2 Å². The third-order valence-electron chi connectivity index (χ3n) is 8.23. The molecule has 0 aliphatic carbocycles. The highest BCUT2D eigenvalue weighted by atomic mass is 28.4. The maximum atomic E-state index is 13.5. The van der Waals surface area contributed by atoms with E-state index in [0.717, 1.165) is 5.47 Å². The molecule has 2 aliphatic rings. The monoisotopic (exact) mass is 563 g/mol. The molecule has 40 heavy (non-hydrogen) atoms. The van der Waals surface area contributed by atoms with Crippen LogP contribution in [0.5, 0.6) is 0 Å². The zero-order valence-electron chi connectivity index (χ0n) is 25.9. The van der Waals surface area contributed by atoms with Crippen molar-refractivity contribution in [2.45, 2.75) is 97.1 Å². The number of amides is 1. The zero-order chi connectivity index (χ0) is 29.6. The largest absolute Gasteiger partial charge is 0.492 e. The van der Waals surface area contributed by atoms with Gasteiger partial charge in [-0.25, -0.2) is 4.79 Å². The van der Waals surface area contributed by atoms with Crippen LogP contribution in [-0.2, 0) is 18.5 Å². The first-order valence-corrected chi connectivity index (χ1v) is 16.2. The van der Waals surface area contributed by atoms with Crippen LogP contribution in [0.15, 0.2) is 72.2 Å². The molecule has 0 saturated carbocycles. The minimum atomic E-state index is -2.80. The van der Waals surface area contributed by atoms with Crippen molar-refractivity contribution in [1.29, 1.82) is 0 Å². The normalized spacial score (nSPS) is 20.9. The van der Waals surface area contributed by atoms with E-state index in [1.165, 1.54) is 10.4 Å². The van der Waals surface area contributed by atoms with Crippen molar-refractivity contribution in [1.82, 2.24) is 4.90 Å². The third kappa shape index (κ3) is 5.96. The molecule has 1 amide bonds. The SMILES string of the molecule is CC(C)(C)OC(=O)N1CC(B2OC(C)(C)C(C)(C)O2)=C[C@@H]1CO[Si](c1ccccc1)(c1ccccc1)C(C)(C)C. The first kappa shape index (κ1) is 30.6. The fraction of sp³-hybridized carbons (Fsp3) is 0.531. The van der Waals surface area contributed by atoms with Crippen LogP contribution >= 0.6 is 0 Å². The van der Waals surface area contributed by atoms with E-state index in [4.69, 9.17) is 18.5 Å². The molecule has 1 fully saturated rings. The summed E-state index contributed by atoms with van der Waals surface area (Å²) >= 11 is 0. The van der Waals surface area contributed by atoms with Crippen molar-refractivity contribution in [3.63, 3.8) is 0 Å². The van der Waals surface area contributed by atoms with Crippen LogP contribution in [0.1, 0.15) is 69.2 Å². The molecule has 0 spiro atoms. The lowest BCUT2D eigenvalue weighted by atomic mass is 9.78. The maximum Gasteiger partial charge on any atom is 0.492 e. The summed E-state index contributed by atoms with van der Waals surface area (Å²) in [6.45, 7) is 21.3. The van der Waals surface area contributed by atoms with Crippen molar-refractivity contribution in [2.75, 3.05) is 13.2 Å². The van der Waals surface area contributed by atoms with Crippen molar-refractivity contribution in [3.8, 4) is 0 Å². The minimum Gasteiger partial charge on any atom is -0.444 e. The number of hydrogen-bond donors (Lipinski definition) is 0. The van der Waals surface area contributed by atoms with Crippen molar-refractivity contribution >= 4 is 31.9 Å². The van der Waals surface area contributed by atoms with Crippen LogP contribution in [0.2, 0.25) is 5.04 Å². The number of ether oxygens (including phenoxy) is 1. The van der Waals surface area contributed by atoms with Gasteiger partial charge in [0.1, 0.15) is 5.60 Å². The summed E-state index contributed by atoms with van der Waals surface area (Å²) in [6.07, 6.45) is 1.72. The topological polar surface area (TPSA) is 57.2 Å². The lowest BCUT2D eigenvalue weighted by Gasteiger charge is -2.44. The van der Waals surface area contributed by atoms with Gasteiger partial charge < -0.3 is 18.5 Å². The van der Waals surface area contributed by atoms with Gasteiger partial charge in [0.15, 0.2) is 0 Å². The third-order valence-corrected chi connectivity index (χ3v) is 13.2. The Morgan fingerprint density at radius 1 is 0.900 bits per heavy atom. The Bertz CT molecular complexity index is 1160. The fourth-order valence-electron chi connectivity index (χ4n) is 5.48. The maximum absolute atomic E-state index is 13.5. The highest BCUT2D eigenvalue weighted by molar-refractivity contribution is 6.99. The molecule has 0 unspecified atom stereocenters. The lowest BCUT2D eigenvalue weighted by molar-refractivity contribution is 0.00578. The Kier molecular flexibility index (Phi) is 8.24. The molecular formula is C32H46BNO5Si. The number of benzene rings is 2. The van der Waals surface area contributed by atoms with E-state index in [2.05, 4.69) is 75.4 Å². The summed E-state index contributed by atoms with van der Waals surface area (Å²) in [7, 11) is -3.33. The summed E-state index contributed by atoms with van der Waals surface area (Å²) in [5.74, 6) is 0. The molecule has 6 nitrogen and oxygen atoms in total. The van der Waals surface area contributed by atoms with Gasteiger partial charge in [-0.15, -0.1) is 0 Å². The molecule has 2 aromatic rings. The fourth-order valence-corrected chi connectivity index (χ4v) is 10.1. The first-order valence-electron chi connectivity index (χ1n) is 14.3. The second kappa shape index (κ2) is 10.8. The molecule has 0 N–H and O–H groups in total. The first-order chi connectivity index (χ1) is 18.5. The Labute approximate surface area is 242 Å². The molecule has 0 aromatic heterocycles. The summed E-state index contributed by atoms with van der Waals surface area (Å²) in [6, 6.07) is 20.8. The van der Waals surface area contributed by atoms with E-state index >= 15 is 0 Å². The van der Waals surface area contributed by atoms with Gasteiger partial charge in [-0.3, -0.25) is 4.90 Å². The van der Waals surface area contributed by atoms with E-state index in [1.54, 1.807) is 4.90 Å². The van der Waals surface area contributed by atoms with E-state index in [0.29, 0.717) is 13.2 Å². The molecule has 0 bridgehead atoms. The predicted octanol–water partition coefficient (Wildman–Crippen LogP) is 5.74. The molecular weight excluding hydrogens is 517 g/mol. The number of carbonyl (C=O) groups excluding carboxylic acids is 1. The Morgan fingerprint density at radius 2 is 1.38 bits per heavy atom. The van der Waals surface area contributed by atoms with Gasteiger partial charge in [-0.05, 0) is 69.4 Å². The lowest BCUT2D eigenvalue weighted by Crippen LogP contribution is -2.67. The van der Waals surface area contributed by atoms with Gasteiger partial charge in [-0.1, -0.05) is 87.5 Å². The van der Waals surface area contributed by atoms with Gasteiger partial charge >= 0.3 is 13.2 Å². The second-order valence-corrected chi connectivity index (χ2v) is 18.3. The van der Waals surface area contributed by atoms with Crippen LogP contribution in [0.3, 0.4) is 0 Å². The Balaban J connectivity index is 1.72. The highest BCUT2D eigenvalue weighted by Gasteiger charge is 2.55. The number of carbonyl (C=O) groups is 1. The Morgan fingerprint density at radius 3 is 1.80 bits per heavy atom. The van der Waals surface area contributed by atoms with Crippen LogP contribution in [-0.4, -0.2) is 62.4 Å². The molecule has 216 valence electrons. The molecule has 8 heteroatoms. The van der Waals surface area contributed by atoms with Crippen LogP contribution in [0.25, 0.3) is 0 Å². The van der Waals surface area contributed by atoms with Gasteiger partial charge in [-0.2, -0.15) is 0 Å². The number of nitrogens with zero attached hydrogens (tertiary/aromatic N) is 1. The van der Waals surface area contributed by atoms with Crippen molar-refractivity contribution in [3.05, 3.63) is 72.2 Å². The second-order valence-electron chi connectivity index (χ2n) is 14.0. The van der Waals surface area contributed by atoms with Crippen LogP contribution in [0, 0.1) is 0 Å². The summed E-state index contributed by atoms with van der Waals surface area (Å²) in [5.41, 5.74) is -0.647. The summed E-state index contributed by atoms with van der Waals surface area (Å²) in [5, 5.41) is 2.22. The average Bonchev–Trinajstić information content (AvgIpc) is 3.36. The standard InChI is InChI=1S/C32H46BNO5Si/c1-29(2,3)37-28(35)34-22-24(33-38-31(7,8)32(9,10)39-33)21-25(34)23-36-40(30(4,5)6,26-17-13-11-14-18-26)27-19-15-12-16-20-27/h11-21,25H,22-23H2,1-10H3/t25-/m1/s1. The minimum absolute atomic E-state index is 0.177. The molecule has 2 aliphatic heterocycles. The molecule has 1 saturated heterocycles.